The summed E-state index contributed by atoms with van der Waals surface area (Å²) in [5, 5.41) is 10.2. The Balaban J connectivity index is -0.00000180. The summed E-state index contributed by atoms with van der Waals surface area (Å²) in [6.07, 6.45) is 20.9. The predicted molar refractivity (Wildman–Crippen MR) is 94.4 cm³/mol. The monoisotopic (exact) mass is 382 g/mol. The topological polar surface area (TPSA) is 40.1 Å². The van der Waals surface area contributed by atoms with Crippen LogP contribution in [0.3, 0.4) is 0 Å². The second-order valence-electron chi connectivity index (χ2n) is 5.71. The average molecular weight is 382 g/mol. The number of allylic oxidation sites excluding steroid dienone is 2. The van der Waals surface area contributed by atoms with E-state index in [1.807, 2.05) is 0 Å². The molecule has 22 heavy (non-hydrogen) atoms. The third-order valence-corrected chi connectivity index (χ3v) is 3.64. The molecule has 0 aromatic carbocycles. The number of hydrogen-bond acceptors (Lipinski definition) is 2. The van der Waals surface area contributed by atoms with Crippen LogP contribution in [-0.4, -0.2) is 23.9 Å². The Morgan fingerprint density at radius 2 is 1.18 bits per heavy atom. The van der Waals surface area contributed by atoms with E-state index in [1.54, 1.807) is 0 Å². The number of aliphatic carboxylic acids is 1. The smallest absolute Gasteiger partial charge is 1.00 e. The van der Waals surface area contributed by atoms with Gasteiger partial charge in [0.05, 0.1) is 0 Å². The summed E-state index contributed by atoms with van der Waals surface area (Å²) in [6.45, 7) is 2.26. The predicted octanol–water partition coefficient (Wildman–Crippen LogP) is 0.594. The van der Waals surface area contributed by atoms with Gasteiger partial charge in [0.2, 0.25) is 0 Å². The molecule has 0 saturated heterocycles. The molecule has 0 aromatic heterocycles. The molecule has 126 valence electrons. The quantitative estimate of drug-likeness (QED) is 0.236. The van der Waals surface area contributed by atoms with E-state index in [1.165, 1.54) is 64.2 Å². The van der Waals surface area contributed by atoms with Gasteiger partial charge in [-0.15, -0.1) is 0 Å². The van der Waals surface area contributed by atoms with Crippen LogP contribution >= 0.6 is 0 Å². The first-order chi connectivity index (χ1) is 9.77. The van der Waals surface area contributed by atoms with Crippen molar-refractivity contribution in [1.82, 2.24) is 0 Å². The third kappa shape index (κ3) is 25.7. The molecule has 0 aliphatic heterocycles. The summed E-state index contributed by atoms with van der Waals surface area (Å²) in [5.74, 6) is -0.914. The maximum Gasteiger partial charge on any atom is 1.00 e. The van der Waals surface area contributed by atoms with Crippen LogP contribution in [0.2, 0.25) is 0 Å². The van der Waals surface area contributed by atoms with Crippen molar-refractivity contribution in [3.05, 3.63) is 12.2 Å². The Labute approximate surface area is 171 Å². The van der Waals surface area contributed by atoms with Crippen molar-refractivity contribution in [3.8, 4) is 0 Å². The number of carbonyl (C=O) groups excluding carboxylic acids is 1. The van der Waals surface area contributed by atoms with E-state index in [2.05, 4.69) is 19.1 Å². The van der Waals surface area contributed by atoms with Gasteiger partial charge in [-0.2, -0.15) is 0 Å². The molecule has 0 fully saturated rings. The number of unbranched alkanes of at least 4 members (excludes halogenated alkanes) is 11. The van der Waals surface area contributed by atoms with Gasteiger partial charge in [0.1, 0.15) is 0 Å². The first-order valence-corrected chi connectivity index (χ1v) is 8.62. The summed E-state index contributed by atoms with van der Waals surface area (Å²) < 4.78 is 0. The molecule has 0 bridgehead atoms. The molecule has 2 nitrogen and oxygen atoms in total. The zero-order valence-electron chi connectivity index (χ0n) is 15.1. The molecular formula is C18H36AsNaO2. The van der Waals surface area contributed by atoms with Crippen LogP contribution in [0, 0.1) is 0 Å². The fourth-order valence-corrected chi connectivity index (χ4v) is 2.34. The zero-order valence-corrected chi connectivity index (χ0v) is 20.0. The molecule has 0 heterocycles. The second-order valence-corrected chi connectivity index (χ2v) is 5.71. The Morgan fingerprint density at radius 3 is 1.64 bits per heavy atom. The SMILES string of the molecule is CCCCCCCC/C=C\CCCCCCCC(=O)[O-].[AsH3].[Na+]. The summed E-state index contributed by atoms with van der Waals surface area (Å²) in [6, 6.07) is 0. The van der Waals surface area contributed by atoms with E-state index in [-0.39, 0.29) is 53.9 Å². The van der Waals surface area contributed by atoms with Gasteiger partial charge in [-0.1, -0.05) is 70.4 Å². The van der Waals surface area contributed by atoms with E-state index in [0.717, 1.165) is 19.3 Å². The van der Waals surface area contributed by atoms with E-state index in [4.69, 9.17) is 0 Å². The number of carboxylic acids is 1. The van der Waals surface area contributed by atoms with Crippen molar-refractivity contribution in [1.29, 1.82) is 0 Å². The summed E-state index contributed by atoms with van der Waals surface area (Å²) in [4.78, 5) is 10.2. The number of carboxylic acid groups (broad SMARTS) is 1. The van der Waals surface area contributed by atoms with Crippen LogP contribution in [0.15, 0.2) is 12.2 Å². The molecule has 0 aliphatic carbocycles. The van der Waals surface area contributed by atoms with Crippen molar-refractivity contribution < 1.29 is 39.5 Å². The van der Waals surface area contributed by atoms with Crippen molar-refractivity contribution in [2.75, 3.05) is 0 Å². The summed E-state index contributed by atoms with van der Waals surface area (Å²) in [5.41, 5.74) is 0. The molecule has 0 rings (SSSR count). The van der Waals surface area contributed by atoms with Crippen LogP contribution < -0.4 is 34.7 Å². The van der Waals surface area contributed by atoms with Gasteiger partial charge < -0.3 is 9.90 Å². The Bertz CT molecular complexity index is 245. The van der Waals surface area contributed by atoms with Gasteiger partial charge in [-0.05, 0) is 38.5 Å². The second kappa shape index (κ2) is 24.0. The van der Waals surface area contributed by atoms with E-state index in [9.17, 15) is 9.90 Å². The minimum atomic E-state index is -0.914. The third-order valence-electron chi connectivity index (χ3n) is 3.64. The minimum absolute atomic E-state index is 0. The summed E-state index contributed by atoms with van der Waals surface area (Å²) in [7, 11) is 0. The summed E-state index contributed by atoms with van der Waals surface area (Å²) >= 11 is 0. The normalized spacial score (nSPS) is 10.2. The molecule has 0 spiro atoms. The number of rotatable bonds is 15. The van der Waals surface area contributed by atoms with E-state index in [0.29, 0.717) is 0 Å². The van der Waals surface area contributed by atoms with Gasteiger partial charge in [0, 0.05) is 5.97 Å². The molecule has 0 aliphatic rings. The largest absolute Gasteiger partial charge is 1.00 e. The Kier molecular flexibility index (Phi) is 30.2. The standard InChI is InChI=1S/C18H34O2.AsH3.Na/c1-2-3-4-5-6-7-8-9-10-11-12-13-14-15-16-17-18(19)20;;/h9-10H,2-8,11-17H2,1H3,(H,19,20);1H3;/q;;+1/p-1/b10-9-;;. The number of hydrogen-bond donors (Lipinski definition) is 0. The van der Waals surface area contributed by atoms with Crippen LogP contribution in [0.25, 0.3) is 0 Å². The van der Waals surface area contributed by atoms with Crippen molar-refractivity contribution in [3.63, 3.8) is 0 Å². The first kappa shape index (κ1) is 27.6. The van der Waals surface area contributed by atoms with Crippen LogP contribution in [0.4, 0.5) is 0 Å². The molecule has 0 radical (unpaired) electrons. The van der Waals surface area contributed by atoms with Gasteiger partial charge in [0.25, 0.3) is 0 Å². The molecule has 0 N–H and O–H groups in total. The van der Waals surface area contributed by atoms with Crippen molar-refractivity contribution in [2.24, 2.45) is 0 Å². The van der Waals surface area contributed by atoms with Crippen LogP contribution in [0.1, 0.15) is 96.8 Å². The van der Waals surface area contributed by atoms with E-state index < -0.39 is 5.97 Å². The van der Waals surface area contributed by atoms with Crippen molar-refractivity contribution in [2.45, 2.75) is 96.8 Å². The molecule has 1 unspecified atom stereocenters. The Hall–Kier alpha value is 0.768. The van der Waals surface area contributed by atoms with Gasteiger partial charge >= 0.3 is 47.5 Å². The fourth-order valence-electron chi connectivity index (χ4n) is 2.34. The van der Waals surface area contributed by atoms with Gasteiger partial charge in [0.15, 0.2) is 0 Å². The zero-order chi connectivity index (χ0) is 14.9. The van der Waals surface area contributed by atoms with Gasteiger partial charge in [-0.3, -0.25) is 0 Å². The molecule has 0 amide bonds. The maximum atomic E-state index is 10.2. The van der Waals surface area contributed by atoms with Gasteiger partial charge in [-0.25, -0.2) is 0 Å². The Morgan fingerprint density at radius 1 is 0.773 bits per heavy atom. The van der Waals surface area contributed by atoms with Crippen LogP contribution in [0.5, 0.6) is 0 Å². The molecule has 4 heteroatoms. The molecule has 0 aromatic rings. The van der Waals surface area contributed by atoms with Crippen molar-refractivity contribution >= 4 is 23.9 Å². The molecular weight excluding hydrogens is 346 g/mol. The minimum Gasteiger partial charge on any atom is 1.00 e. The fraction of sp³-hybridized carbons (Fsp3) is 0.833. The molecule has 0 saturated carbocycles. The van der Waals surface area contributed by atoms with E-state index >= 15 is 0 Å². The maximum absolute atomic E-state index is 10.2. The molecule has 1 atom stereocenters. The van der Waals surface area contributed by atoms with Crippen LogP contribution in [-0.2, 0) is 4.79 Å². The average Bonchev–Trinajstić information content (AvgIpc) is 2.43. The number of carbonyl (C=O) groups is 1. The first-order valence-electron chi connectivity index (χ1n) is 8.62.